The smallest absolute Gasteiger partial charge is 0.220 e. The first-order chi connectivity index (χ1) is 11.1. The second kappa shape index (κ2) is 8.93. The van der Waals surface area contributed by atoms with Crippen LogP contribution in [0.5, 0.6) is 5.75 Å². The van der Waals surface area contributed by atoms with E-state index in [4.69, 9.17) is 4.74 Å². The summed E-state index contributed by atoms with van der Waals surface area (Å²) in [7, 11) is 0. The van der Waals surface area contributed by atoms with Crippen LogP contribution >= 0.6 is 0 Å². The van der Waals surface area contributed by atoms with Crippen LogP contribution in [0.4, 0.5) is 4.39 Å². The molecule has 0 aromatic heterocycles. The summed E-state index contributed by atoms with van der Waals surface area (Å²) in [5.41, 5.74) is 2.39. The molecule has 0 aliphatic carbocycles. The van der Waals surface area contributed by atoms with Gasteiger partial charge in [-0.05, 0) is 49.6 Å². The summed E-state index contributed by atoms with van der Waals surface area (Å²) < 4.78 is 18.2. The first-order valence-electron chi connectivity index (χ1n) is 7.84. The monoisotopic (exact) mass is 315 g/mol. The lowest BCUT2D eigenvalue weighted by atomic mass is 10.1. The van der Waals surface area contributed by atoms with E-state index in [0.29, 0.717) is 31.7 Å². The Balaban J connectivity index is 1.56. The van der Waals surface area contributed by atoms with Gasteiger partial charge in [-0.1, -0.05) is 29.8 Å². The number of rotatable bonds is 8. The Hall–Kier alpha value is -2.36. The zero-order valence-corrected chi connectivity index (χ0v) is 13.3. The van der Waals surface area contributed by atoms with Gasteiger partial charge in [0.25, 0.3) is 0 Å². The molecular weight excluding hydrogens is 293 g/mol. The van der Waals surface area contributed by atoms with Crippen LogP contribution in [0.3, 0.4) is 0 Å². The number of hydrogen-bond donors (Lipinski definition) is 1. The fourth-order valence-corrected chi connectivity index (χ4v) is 2.12. The molecule has 122 valence electrons. The van der Waals surface area contributed by atoms with Crippen molar-refractivity contribution in [2.75, 3.05) is 13.2 Å². The van der Waals surface area contributed by atoms with E-state index in [9.17, 15) is 9.18 Å². The van der Waals surface area contributed by atoms with Gasteiger partial charge >= 0.3 is 0 Å². The van der Waals surface area contributed by atoms with Gasteiger partial charge < -0.3 is 10.1 Å². The first-order valence-corrected chi connectivity index (χ1v) is 7.84. The fraction of sp³-hybridized carbons (Fsp3) is 0.316. The largest absolute Gasteiger partial charge is 0.494 e. The highest BCUT2D eigenvalue weighted by atomic mass is 19.1. The number of nitrogens with one attached hydrogen (secondary N) is 1. The minimum absolute atomic E-state index is 0.0485. The van der Waals surface area contributed by atoms with E-state index in [1.54, 1.807) is 12.1 Å². The van der Waals surface area contributed by atoms with E-state index in [1.807, 2.05) is 6.92 Å². The van der Waals surface area contributed by atoms with Gasteiger partial charge in [-0.2, -0.15) is 0 Å². The SMILES string of the molecule is Cc1ccc(CCC(=O)NCCCOc2ccc(F)cc2)cc1. The first kappa shape index (κ1) is 17.0. The third kappa shape index (κ3) is 6.51. The Bertz CT molecular complexity index is 608. The van der Waals surface area contributed by atoms with Gasteiger partial charge in [0.05, 0.1) is 6.61 Å². The van der Waals surface area contributed by atoms with Crippen molar-refractivity contribution in [3.05, 3.63) is 65.5 Å². The van der Waals surface area contributed by atoms with Crippen molar-refractivity contribution in [2.45, 2.75) is 26.2 Å². The summed E-state index contributed by atoms with van der Waals surface area (Å²) in [4.78, 5) is 11.8. The second-order valence-electron chi connectivity index (χ2n) is 5.49. The number of carbonyl (C=O) groups excluding carboxylic acids is 1. The van der Waals surface area contributed by atoms with Crippen molar-refractivity contribution in [1.82, 2.24) is 5.32 Å². The number of amides is 1. The minimum Gasteiger partial charge on any atom is -0.494 e. The molecule has 0 saturated carbocycles. The predicted molar refractivity (Wildman–Crippen MR) is 89.0 cm³/mol. The van der Waals surface area contributed by atoms with E-state index in [2.05, 4.69) is 29.6 Å². The lowest BCUT2D eigenvalue weighted by Gasteiger charge is -2.07. The van der Waals surface area contributed by atoms with Crippen molar-refractivity contribution < 1.29 is 13.9 Å². The lowest BCUT2D eigenvalue weighted by Crippen LogP contribution is -2.25. The zero-order chi connectivity index (χ0) is 16.5. The maximum atomic E-state index is 12.7. The molecule has 2 rings (SSSR count). The summed E-state index contributed by atoms with van der Waals surface area (Å²) in [6.07, 6.45) is 1.95. The van der Waals surface area contributed by atoms with Crippen molar-refractivity contribution in [3.8, 4) is 5.75 Å². The van der Waals surface area contributed by atoms with Crippen LogP contribution < -0.4 is 10.1 Å². The Morgan fingerprint density at radius 3 is 2.48 bits per heavy atom. The number of halogens is 1. The van der Waals surface area contributed by atoms with Crippen LogP contribution in [0.15, 0.2) is 48.5 Å². The number of ether oxygens (including phenoxy) is 1. The molecule has 0 atom stereocenters. The molecule has 2 aromatic carbocycles. The van der Waals surface area contributed by atoms with E-state index in [1.165, 1.54) is 23.3 Å². The molecule has 0 radical (unpaired) electrons. The maximum absolute atomic E-state index is 12.7. The lowest BCUT2D eigenvalue weighted by molar-refractivity contribution is -0.121. The summed E-state index contributed by atoms with van der Waals surface area (Å²) in [6.45, 7) is 3.11. The molecule has 3 nitrogen and oxygen atoms in total. The molecule has 0 heterocycles. The maximum Gasteiger partial charge on any atom is 0.220 e. The molecule has 0 spiro atoms. The highest BCUT2D eigenvalue weighted by Gasteiger charge is 2.02. The number of carbonyl (C=O) groups is 1. The number of aryl methyl sites for hydroxylation is 2. The van der Waals surface area contributed by atoms with E-state index in [-0.39, 0.29) is 11.7 Å². The number of hydrogen-bond acceptors (Lipinski definition) is 2. The quantitative estimate of drug-likeness (QED) is 0.755. The molecule has 1 N–H and O–H groups in total. The van der Waals surface area contributed by atoms with E-state index >= 15 is 0 Å². The highest BCUT2D eigenvalue weighted by Crippen LogP contribution is 2.11. The standard InChI is InChI=1S/C19H22FNO2/c1-15-3-5-16(6-4-15)7-12-19(22)21-13-2-14-23-18-10-8-17(20)9-11-18/h3-6,8-11H,2,7,12-14H2,1H3,(H,21,22). The topological polar surface area (TPSA) is 38.3 Å². The molecular formula is C19H22FNO2. The fourth-order valence-electron chi connectivity index (χ4n) is 2.12. The minimum atomic E-state index is -0.279. The summed E-state index contributed by atoms with van der Waals surface area (Å²) >= 11 is 0. The number of benzene rings is 2. The van der Waals surface area contributed by atoms with Crippen molar-refractivity contribution in [3.63, 3.8) is 0 Å². The van der Waals surface area contributed by atoms with Gasteiger partial charge in [-0.3, -0.25) is 4.79 Å². The van der Waals surface area contributed by atoms with Gasteiger partial charge in [0, 0.05) is 13.0 Å². The normalized spacial score (nSPS) is 10.3. The summed E-state index contributed by atoms with van der Waals surface area (Å²) in [6, 6.07) is 14.1. The molecule has 0 bridgehead atoms. The molecule has 2 aromatic rings. The van der Waals surface area contributed by atoms with Crippen LogP contribution in [0.2, 0.25) is 0 Å². The molecule has 0 aliphatic rings. The van der Waals surface area contributed by atoms with Crippen molar-refractivity contribution in [2.24, 2.45) is 0 Å². The van der Waals surface area contributed by atoms with Crippen LogP contribution in [0, 0.1) is 12.7 Å². The Morgan fingerprint density at radius 2 is 1.78 bits per heavy atom. The van der Waals surface area contributed by atoms with E-state index in [0.717, 1.165) is 6.42 Å². The molecule has 0 unspecified atom stereocenters. The third-order valence-corrected chi connectivity index (χ3v) is 3.49. The highest BCUT2D eigenvalue weighted by molar-refractivity contribution is 5.76. The van der Waals surface area contributed by atoms with Gasteiger partial charge in [0.15, 0.2) is 0 Å². The molecule has 0 aliphatic heterocycles. The summed E-state index contributed by atoms with van der Waals surface area (Å²) in [5, 5.41) is 2.88. The second-order valence-corrected chi connectivity index (χ2v) is 5.49. The molecule has 1 amide bonds. The molecule has 0 fully saturated rings. The Labute approximate surface area is 136 Å². The van der Waals surface area contributed by atoms with Gasteiger partial charge in [0.1, 0.15) is 11.6 Å². The van der Waals surface area contributed by atoms with Crippen LogP contribution in [-0.4, -0.2) is 19.1 Å². The van der Waals surface area contributed by atoms with Crippen molar-refractivity contribution >= 4 is 5.91 Å². The van der Waals surface area contributed by atoms with Crippen LogP contribution in [0.25, 0.3) is 0 Å². The molecule has 0 saturated heterocycles. The Kier molecular flexibility index (Phi) is 6.60. The molecule has 4 heteroatoms. The Morgan fingerprint density at radius 1 is 1.09 bits per heavy atom. The summed E-state index contributed by atoms with van der Waals surface area (Å²) in [5.74, 6) is 0.405. The third-order valence-electron chi connectivity index (χ3n) is 3.49. The van der Waals surface area contributed by atoms with Gasteiger partial charge in [0.2, 0.25) is 5.91 Å². The molecule has 23 heavy (non-hydrogen) atoms. The van der Waals surface area contributed by atoms with Gasteiger partial charge in [-0.15, -0.1) is 0 Å². The van der Waals surface area contributed by atoms with Crippen LogP contribution in [0.1, 0.15) is 24.0 Å². The van der Waals surface area contributed by atoms with Crippen LogP contribution in [-0.2, 0) is 11.2 Å². The van der Waals surface area contributed by atoms with Crippen molar-refractivity contribution in [1.29, 1.82) is 0 Å². The van der Waals surface area contributed by atoms with E-state index < -0.39 is 0 Å². The average Bonchev–Trinajstić information content (AvgIpc) is 2.56. The zero-order valence-electron chi connectivity index (χ0n) is 13.3. The van der Waals surface area contributed by atoms with Gasteiger partial charge in [-0.25, -0.2) is 4.39 Å². The average molecular weight is 315 g/mol. The predicted octanol–water partition coefficient (Wildman–Crippen LogP) is 3.65.